The summed E-state index contributed by atoms with van der Waals surface area (Å²) in [5.74, 6) is -0.151. The average Bonchev–Trinajstić information content (AvgIpc) is 3.26. The summed E-state index contributed by atoms with van der Waals surface area (Å²) in [4.78, 5) is 12.3. The first-order chi connectivity index (χ1) is 10.6. The first-order valence-electron chi connectivity index (χ1n) is 7.89. The topological polar surface area (TPSA) is 26.3 Å². The van der Waals surface area contributed by atoms with E-state index < -0.39 is 0 Å². The lowest BCUT2D eigenvalue weighted by Crippen LogP contribution is -2.19. The normalized spacial score (nSPS) is 18.8. The lowest BCUT2D eigenvalue weighted by Gasteiger charge is -2.19. The van der Waals surface area contributed by atoms with Gasteiger partial charge in [0.25, 0.3) is 0 Å². The predicted molar refractivity (Wildman–Crippen MR) is 87.9 cm³/mol. The molecule has 2 aromatic rings. The molecule has 0 saturated heterocycles. The Kier molecular flexibility index (Phi) is 3.78. The number of carbonyl (C=O) groups is 1. The fourth-order valence-electron chi connectivity index (χ4n) is 3.30. The molecule has 1 atom stereocenters. The van der Waals surface area contributed by atoms with Crippen LogP contribution in [0.25, 0.3) is 0 Å². The van der Waals surface area contributed by atoms with E-state index in [1.807, 2.05) is 6.92 Å². The number of rotatable bonds is 4. The van der Waals surface area contributed by atoms with Crippen LogP contribution in [0.4, 0.5) is 0 Å². The van der Waals surface area contributed by atoms with Gasteiger partial charge < -0.3 is 4.74 Å². The smallest absolute Gasteiger partial charge is 0.310 e. The molecule has 22 heavy (non-hydrogen) atoms. The lowest BCUT2D eigenvalue weighted by molar-refractivity contribution is -0.145. The molecule has 2 aromatic carbocycles. The highest BCUT2D eigenvalue weighted by atomic mass is 16.5. The van der Waals surface area contributed by atoms with Gasteiger partial charge >= 0.3 is 5.97 Å². The van der Waals surface area contributed by atoms with E-state index in [2.05, 4.69) is 62.4 Å². The zero-order valence-electron chi connectivity index (χ0n) is 13.4. The third kappa shape index (κ3) is 2.43. The van der Waals surface area contributed by atoms with E-state index in [0.717, 1.165) is 6.42 Å². The van der Waals surface area contributed by atoms with E-state index in [0.29, 0.717) is 6.61 Å². The summed E-state index contributed by atoms with van der Waals surface area (Å²) < 4.78 is 5.27. The van der Waals surface area contributed by atoms with Crippen LogP contribution in [0.3, 0.4) is 0 Å². The second-order valence-electron chi connectivity index (χ2n) is 6.21. The Morgan fingerprint density at radius 1 is 1.00 bits per heavy atom. The second kappa shape index (κ2) is 5.60. The summed E-state index contributed by atoms with van der Waals surface area (Å²) in [6.07, 6.45) is 0.831. The molecular formula is C20H22O2. The van der Waals surface area contributed by atoms with Crippen molar-refractivity contribution in [2.45, 2.75) is 32.6 Å². The van der Waals surface area contributed by atoms with Crippen molar-refractivity contribution in [1.82, 2.24) is 0 Å². The van der Waals surface area contributed by atoms with Gasteiger partial charge in [0.2, 0.25) is 0 Å². The maximum Gasteiger partial charge on any atom is 0.310 e. The van der Waals surface area contributed by atoms with Crippen LogP contribution in [-0.2, 0) is 14.9 Å². The Hall–Kier alpha value is -2.09. The number of hydrogen-bond donors (Lipinski definition) is 0. The maximum absolute atomic E-state index is 12.3. The van der Waals surface area contributed by atoms with Gasteiger partial charge in [0, 0.05) is 5.41 Å². The first-order valence-corrected chi connectivity index (χ1v) is 7.89. The Balaban J connectivity index is 2.02. The number of ether oxygens (including phenoxy) is 1. The first kappa shape index (κ1) is 14.8. The fourth-order valence-corrected chi connectivity index (χ4v) is 3.30. The second-order valence-corrected chi connectivity index (χ2v) is 6.21. The minimum absolute atomic E-state index is 0.0714. The van der Waals surface area contributed by atoms with Crippen molar-refractivity contribution in [3.8, 4) is 0 Å². The van der Waals surface area contributed by atoms with Gasteiger partial charge in [-0.3, -0.25) is 4.79 Å². The van der Waals surface area contributed by atoms with E-state index in [1.54, 1.807) is 0 Å². The molecule has 114 valence electrons. The Bertz CT molecular complexity index is 622. The van der Waals surface area contributed by atoms with E-state index in [4.69, 9.17) is 4.74 Å². The van der Waals surface area contributed by atoms with Crippen LogP contribution in [0, 0.1) is 19.8 Å². The summed E-state index contributed by atoms with van der Waals surface area (Å²) >= 11 is 0. The van der Waals surface area contributed by atoms with Gasteiger partial charge in [-0.2, -0.15) is 0 Å². The SMILES string of the molecule is CCOC(=O)C1CC1(c1ccc(C)cc1)c1ccc(C)cc1. The van der Waals surface area contributed by atoms with E-state index in [-0.39, 0.29) is 17.3 Å². The summed E-state index contributed by atoms with van der Waals surface area (Å²) in [6.45, 7) is 6.46. The molecule has 0 radical (unpaired) electrons. The Morgan fingerprint density at radius 2 is 1.45 bits per heavy atom. The van der Waals surface area contributed by atoms with Crippen molar-refractivity contribution >= 4 is 5.97 Å². The molecule has 2 nitrogen and oxygen atoms in total. The number of esters is 1. The van der Waals surface area contributed by atoms with E-state index in [9.17, 15) is 4.79 Å². The number of hydrogen-bond acceptors (Lipinski definition) is 2. The highest BCUT2D eigenvalue weighted by Crippen LogP contribution is 2.59. The quantitative estimate of drug-likeness (QED) is 0.791. The summed E-state index contributed by atoms with van der Waals surface area (Å²) in [6, 6.07) is 17.1. The van der Waals surface area contributed by atoms with Gasteiger partial charge in [-0.05, 0) is 38.3 Å². The number of aryl methyl sites for hydroxylation is 2. The van der Waals surface area contributed by atoms with Crippen molar-refractivity contribution in [1.29, 1.82) is 0 Å². The molecular weight excluding hydrogens is 272 g/mol. The third-order valence-corrected chi connectivity index (χ3v) is 4.67. The molecule has 0 amide bonds. The van der Waals surface area contributed by atoms with Crippen LogP contribution in [0.15, 0.2) is 48.5 Å². The molecule has 1 aliphatic rings. The number of benzene rings is 2. The monoisotopic (exact) mass is 294 g/mol. The van der Waals surface area contributed by atoms with Crippen molar-refractivity contribution in [2.75, 3.05) is 6.61 Å². The minimum atomic E-state index is -0.215. The third-order valence-electron chi connectivity index (χ3n) is 4.67. The molecule has 0 aromatic heterocycles. The molecule has 0 bridgehead atoms. The van der Waals surface area contributed by atoms with Crippen molar-refractivity contribution in [2.24, 2.45) is 5.92 Å². The van der Waals surface area contributed by atoms with Gasteiger partial charge in [-0.1, -0.05) is 59.7 Å². The van der Waals surface area contributed by atoms with Crippen molar-refractivity contribution in [3.05, 3.63) is 70.8 Å². The molecule has 1 aliphatic carbocycles. The van der Waals surface area contributed by atoms with E-state index in [1.165, 1.54) is 22.3 Å². The van der Waals surface area contributed by atoms with Crippen LogP contribution >= 0.6 is 0 Å². The Labute approximate surface area is 132 Å². The van der Waals surface area contributed by atoms with E-state index >= 15 is 0 Å². The largest absolute Gasteiger partial charge is 0.466 e. The van der Waals surface area contributed by atoms with Crippen LogP contribution in [0.1, 0.15) is 35.6 Å². The zero-order valence-corrected chi connectivity index (χ0v) is 13.4. The lowest BCUT2D eigenvalue weighted by atomic mass is 9.85. The van der Waals surface area contributed by atoms with Crippen LogP contribution < -0.4 is 0 Å². The van der Waals surface area contributed by atoms with Crippen molar-refractivity contribution < 1.29 is 9.53 Å². The van der Waals surface area contributed by atoms with Gasteiger partial charge in [-0.15, -0.1) is 0 Å². The van der Waals surface area contributed by atoms with Gasteiger partial charge in [0.1, 0.15) is 0 Å². The molecule has 0 spiro atoms. The summed E-state index contributed by atoms with van der Waals surface area (Å²) in [5, 5.41) is 0. The standard InChI is InChI=1S/C20H22O2/c1-4-22-19(21)18-13-20(18,16-9-5-14(2)6-10-16)17-11-7-15(3)8-12-17/h5-12,18H,4,13H2,1-3H3. The molecule has 0 N–H and O–H groups in total. The maximum atomic E-state index is 12.3. The zero-order chi connectivity index (χ0) is 15.7. The van der Waals surface area contributed by atoms with Gasteiger partial charge in [0.05, 0.1) is 12.5 Å². The van der Waals surface area contributed by atoms with Crippen LogP contribution in [0.5, 0.6) is 0 Å². The van der Waals surface area contributed by atoms with Crippen LogP contribution in [0.2, 0.25) is 0 Å². The molecule has 2 heteroatoms. The molecule has 3 rings (SSSR count). The summed E-state index contributed by atoms with van der Waals surface area (Å²) in [7, 11) is 0. The van der Waals surface area contributed by atoms with Gasteiger partial charge in [0.15, 0.2) is 0 Å². The van der Waals surface area contributed by atoms with Crippen LogP contribution in [-0.4, -0.2) is 12.6 Å². The highest BCUT2D eigenvalue weighted by Gasteiger charge is 2.61. The highest BCUT2D eigenvalue weighted by molar-refractivity contribution is 5.81. The minimum Gasteiger partial charge on any atom is -0.466 e. The molecule has 1 saturated carbocycles. The fraction of sp³-hybridized carbons (Fsp3) is 0.350. The predicted octanol–water partition coefficient (Wildman–Crippen LogP) is 4.17. The van der Waals surface area contributed by atoms with Gasteiger partial charge in [-0.25, -0.2) is 0 Å². The van der Waals surface area contributed by atoms with Crippen molar-refractivity contribution in [3.63, 3.8) is 0 Å². The molecule has 0 heterocycles. The Morgan fingerprint density at radius 3 is 1.86 bits per heavy atom. The molecule has 0 aliphatic heterocycles. The summed E-state index contributed by atoms with van der Waals surface area (Å²) in [5.41, 5.74) is 4.67. The molecule has 1 fully saturated rings. The molecule has 1 unspecified atom stereocenters. The number of carbonyl (C=O) groups excluding carboxylic acids is 1. The average molecular weight is 294 g/mol.